The van der Waals surface area contributed by atoms with Gasteiger partial charge in [0, 0.05) is 51.0 Å². The van der Waals surface area contributed by atoms with E-state index in [9.17, 15) is 37.2 Å². The number of pyridine rings is 2. The number of nitrogens with zero attached hydrogens (tertiary/aromatic N) is 2. The first-order valence-electron chi connectivity index (χ1n) is 18.8. The van der Waals surface area contributed by atoms with Crippen LogP contribution in [0.15, 0.2) is 144 Å². The maximum Gasteiger partial charge on any atom is 0.261 e. The Bertz CT molecular complexity index is 2750. The van der Waals surface area contributed by atoms with Crippen molar-refractivity contribution >= 4 is 60.4 Å². The van der Waals surface area contributed by atoms with E-state index in [4.69, 9.17) is 23.2 Å². The number of carbonyl (C=O) groups excluding carboxylic acids is 1. The van der Waals surface area contributed by atoms with E-state index in [0.717, 1.165) is 11.1 Å². The average molecular weight is 906 g/mol. The van der Waals surface area contributed by atoms with Crippen molar-refractivity contribution in [3.8, 4) is 0 Å². The SMILES string of the molecule is CC(C)(C)c1ccc(S(=O)(=O)Nc2ccc(Cl)cc2C(=O)c2cc[n+]([O-])cc2)cc1.CC(C)(C)c1ccc(S(=O)(=O)Nc2ccc(Cl)cc2C(C)(O)c2cc[n+]([O-])cc2)cc1. The van der Waals surface area contributed by atoms with E-state index in [1.165, 1.54) is 105 Å². The topological polar surface area (TPSA) is 184 Å². The largest absolute Gasteiger partial charge is 0.619 e. The summed E-state index contributed by atoms with van der Waals surface area (Å²) in [6, 6.07) is 27.8. The zero-order valence-electron chi connectivity index (χ0n) is 34.5. The maximum atomic E-state index is 13.0. The van der Waals surface area contributed by atoms with Crippen LogP contribution in [0.25, 0.3) is 0 Å². The number of anilines is 2. The molecule has 2 heterocycles. The molecular weight excluding hydrogens is 860 g/mol. The Hall–Kier alpha value is -5.51. The first-order chi connectivity index (χ1) is 28.3. The van der Waals surface area contributed by atoms with Crippen molar-refractivity contribution in [1.82, 2.24) is 0 Å². The number of benzene rings is 4. The molecule has 0 saturated carbocycles. The molecule has 0 amide bonds. The molecule has 2 aromatic heterocycles. The standard InChI is InChI=1S/C23H25ClN2O4S.C22H21ClN2O4S/c1-22(2,3)16-5-8-19(9-6-16)31(29,30)25-21-10-7-18(24)15-20(21)23(4,27)17-11-13-26(28)14-12-17;1-22(2,3)16-4-7-18(8-5-16)30(28,29)24-20-9-6-17(23)14-19(20)21(26)15-10-12-25(27)13-11-15/h5-15,25,27H,1-4H3;4-14,24H,1-3H3. The smallest absolute Gasteiger partial charge is 0.261 e. The highest BCUT2D eigenvalue weighted by atomic mass is 35.5. The Kier molecular flexibility index (Phi) is 13.6. The third-order valence-corrected chi connectivity index (χ3v) is 12.9. The van der Waals surface area contributed by atoms with Crippen LogP contribution in [-0.4, -0.2) is 27.7 Å². The minimum atomic E-state index is -3.93. The number of halogens is 2. The molecule has 0 aliphatic carbocycles. The van der Waals surface area contributed by atoms with Crippen molar-refractivity contribution in [3.05, 3.63) is 188 Å². The maximum absolute atomic E-state index is 13.0. The lowest BCUT2D eigenvalue weighted by molar-refractivity contribution is -0.605. The monoisotopic (exact) mass is 904 g/mol. The van der Waals surface area contributed by atoms with Crippen molar-refractivity contribution in [1.29, 1.82) is 0 Å². The van der Waals surface area contributed by atoms with Gasteiger partial charge in [-0.3, -0.25) is 14.2 Å². The van der Waals surface area contributed by atoms with Gasteiger partial charge in [-0.2, -0.15) is 9.46 Å². The first-order valence-corrected chi connectivity index (χ1v) is 22.5. The number of rotatable bonds is 10. The van der Waals surface area contributed by atoms with Crippen molar-refractivity contribution in [3.63, 3.8) is 0 Å². The summed E-state index contributed by atoms with van der Waals surface area (Å²) < 4.78 is 58.1. The van der Waals surface area contributed by atoms with Gasteiger partial charge in [0.2, 0.25) is 0 Å². The van der Waals surface area contributed by atoms with Gasteiger partial charge < -0.3 is 15.5 Å². The Morgan fingerprint density at radius 3 is 1.39 bits per heavy atom. The number of nitrogens with one attached hydrogen (secondary N) is 2. The van der Waals surface area contributed by atoms with Crippen molar-refractivity contribution in [2.75, 3.05) is 9.44 Å². The summed E-state index contributed by atoms with van der Waals surface area (Å²) in [6.45, 7) is 13.8. The summed E-state index contributed by atoms with van der Waals surface area (Å²) >= 11 is 12.2. The molecule has 1 unspecified atom stereocenters. The Labute approximate surface area is 366 Å². The van der Waals surface area contributed by atoms with E-state index in [-0.39, 0.29) is 53.7 Å². The molecule has 320 valence electrons. The second-order valence-electron chi connectivity index (χ2n) is 16.4. The van der Waals surface area contributed by atoms with Gasteiger partial charge in [-0.1, -0.05) is 89.0 Å². The second-order valence-corrected chi connectivity index (χ2v) is 20.7. The number of ketones is 1. The first kappa shape index (κ1) is 46.6. The summed E-state index contributed by atoms with van der Waals surface area (Å²) in [7, 11) is -7.85. The quantitative estimate of drug-likeness (QED) is 0.0693. The fourth-order valence-electron chi connectivity index (χ4n) is 6.09. The third kappa shape index (κ3) is 11.5. The van der Waals surface area contributed by atoms with Gasteiger partial charge in [0.1, 0.15) is 5.60 Å². The number of aromatic nitrogens is 2. The fraction of sp³-hybridized carbons (Fsp3) is 0.222. The molecule has 6 aromatic rings. The number of hydrogen-bond acceptors (Lipinski definition) is 8. The second kappa shape index (κ2) is 17.8. The van der Waals surface area contributed by atoms with Crippen LogP contribution < -0.4 is 18.9 Å². The summed E-state index contributed by atoms with van der Waals surface area (Å²) in [5.74, 6) is -0.459. The summed E-state index contributed by atoms with van der Waals surface area (Å²) in [5.41, 5.74) is 1.49. The molecule has 4 aromatic carbocycles. The molecule has 0 saturated heterocycles. The number of aliphatic hydroxyl groups is 1. The van der Waals surface area contributed by atoms with Gasteiger partial charge in [0.05, 0.1) is 21.2 Å². The molecule has 61 heavy (non-hydrogen) atoms. The highest BCUT2D eigenvalue weighted by Gasteiger charge is 2.31. The molecule has 0 spiro atoms. The van der Waals surface area contributed by atoms with Crippen LogP contribution in [0.2, 0.25) is 10.0 Å². The van der Waals surface area contributed by atoms with Crippen LogP contribution in [-0.2, 0) is 36.5 Å². The lowest BCUT2D eigenvalue weighted by atomic mass is 9.87. The van der Waals surface area contributed by atoms with Gasteiger partial charge >= 0.3 is 0 Å². The molecule has 1 atom stereocenters. The van der Waals surface area contributed by atoms with Gasteiger partial charge in [-0.15, -0.1) is 0 Å². The van der Waals surface area contributed by atoms with Crippen LogP contribution in [0, 0.1) is 10.4 Å². The van der Waals surface area contributed by atoms with Crippen molar-refractivity contribution in [2.45, 2.75) is 74.7 Å². The molecule has 3 N–H and O–H groups in total. The molecule has 0 fully saturated rings. The molecule has 0 radical (unpaired) electrons. The van der Waals surface area contributed by atoms with Crippen molar-refractivity contribution < 1.29 is 36.2 Å². The minimum Gasteiger partial charge on any atom is -0.619 e. The van der Waals surface area contributed by atoms with E-state index >= 15 is 0 Å². The Morgan fingerprint density at radius 2 is 0.951 bits per heavy atom. The van der Waals surface area contributed by atoms with Crippen LogP contribution in [0.4, 0.5) is 11.4 Å². The zero-order chi connectivity index (χ0) is 45.1. The van der Waals surface area contributed by atoms with Gasteiger partial charge in [0.15, 0.2) is 30.6 Å². The fourth-order valence-corrected chi connectivity index (χ4v) is 8.59. The summed E-state index contributed by atoms with van der Waals surface area (Å²) in [5, 5.41) is 34.4. The van der Waals surface area contributed by atoms with Crippen molar-refractivity contribution in [2.24, 2.45) is 0 Å². The molecule has 16 heteroatoms. The van der Waals surface area contributed by atoms with Gasteiger partial charge in [-0.25, -0.2) is 16.8 Å². The average Bonchev–Trinajstić information content (AvgIpc) is 3.19. The Morgan fingerprint density at radius 1 is 0.557 bits per heavy atom. The van der Waals surface area contributed by atoms with Gasteiger partial charge in [-0.05, 0) is 95.1 Å². The molecule has 6 rings (SSSR count). The lowest BCUT2D eigenvalue weighted by Gasteiger charge is -2.27. The predicted molar refractivity (Wildman–Crippen MR) is 238 cm³/mol. The van der Waals surface area contributed by atoms with Gasteiger partial charge in [0.25, 0.3) is 20.0 Å². The van der Waals surface area contributed by atoms with E-state index in [0.29, 0.717) is 20.0 Å². The lowest BCUT2D eigenvalue weighted by Crippen LogP contribution is -2.29. The normalized spacial score (nSPS) is 13.0. The molecule has 12 nitrogen and oxygen atoms in total. The molecular formula is C45H46Cl2N4O8S2. The molecule has 0 aliphatic heterocycles. The number of sulfonamides is 2. The van der Waals surface area contributed by atoms with E-state index in [1.807, 2.05) is 20.8 Å². The van der Waals surface area contributed by atoms with Crippen LogP contribution in [0.3, 0.4) is 0 Å². The highest BCUT2D eigenvalue weighted by Crippen LogP contribution is 2.37. The number of carbonyl (C=O) groups is 1. The Balaban J connectivity index is 0.000000231. The summed E-state index contributed by atoms with van der Waals surface area (Å²) in [6.07, 6.45) is 4.90. The zero-order valence-corrected chi connectivity index (χ0v) is 37.6. The van der Waals surface area contributed by atoms with Crippen LogP contribution in [0.1, 0.15) is 86.6 Å². The van der Waals surface area contributed by atoms with Crippen LogP contribution >= 0.6 is 23.2 Å². The molecule has 0 bridgehead atoms. The number of hydrogen-bond donors (Lipinski definition) is 3. The highest BCUT2D eigenvalue weighted by molar-refractivity contribution is 7.93. The predicted octanol–water partition coefficient (Wildman–Crippen LogP) is 8.63. The van der Waals surface area contributed by atoms with E-state index in [2.05, 4.69) is 30.2 Å². The van der Waals surface area contributed by atoms with Crippen LogP contribution in [0.5, 0.6) is 0 Å². The van der Waals surface area contributed by atoms with E-state index in [1.54, 1.807) is 36.4 Å². The summed E-state index contributed by atoms with van der Waals surface area (Å²) in [4.78, 5) is 13.1. The van der Waals surface area contributed by atoms with E-state index < -0.39 is 31.4 Å². The minimum absolute atomic E-state index is 0.0796. The molecule has 0 aliphatic rings. The third-order valence-electron chi connectivity index (χ3n) is 9.71.